The van der Waals surface area contributed by atoms with Gasteiger partial charge in [0.25, 0.3) is 5.78 Å². The Bertz CT molecular complexity index is 509. The van der Waals surface area contributed by atoms with Crippen LogP contribution in [0.5, 0.6) is 0 Å². The number of carbonyl (C=O) groups excluding carboxylic acids is 3. The van der Waals surface area contributed by atoms with Crippen molar-refractivity contribution in [3.8, 4) is 0 Å². The third kappa shape index (κ3) is 2.31. The highest BCUT2D eigenvalue weighted by atomic mass is 32.2. The molecule has 0 saturated heterocycles. The minimum Gasteiger partial charge on any atom is -0.460 e. The molecule has 94 valence electrons. The number of benzene rings is 1. The summed E-state index contributed by atoms with van der Waals surface area (Å²) in [6.45, 7) is 1.76. The monoisotopic (exact) mass is 264 g/mol. The lowest BCUT2D eigenvalue weighted by Gasteiger charge is -2.20. The van der Waals surface area contributed by atoms with Crippen molar-refractivity contribution >= 4 is 29.3 Å². The maximum Gasteiger partial charge on any atom is 0.375 e. The van der Waals surface area contributed by atoms with Crippen molar-refractivity contribution in [2.75, 3.05) is 12.4 Å². The third-order valence-electron chi connectivity index (χ3n) is 2.67. The van der Waals surface area contributed by atoms with Crippen LogP contribution in [-0.4, -0.2) is 29.9 Å². The SMILES string of the molecule is CCOC(=O)C(=O)C1CSc2ccccc2C1=O. The molecule has 1 heterocycles. The van der Waals surface area contributed by atoms with Crippen LogP contribution in [0.2, 0.25) is 0 Å². The van der Waals surface area contributed by atoms with Crippen molar-refractivity contribution in [1.82, 2.24) is 0 Å². The Morgan fingerprint density at radius 1 is 1.39 bits per heavy atom. The number of ketones is 2. The minimum atomic E-state index is -0.921. The van der Waals surface area contributed by atoms with Crippen LogP contribution in [0.15, 0.2) is 29.2 Å². The molecule has 0 aliphatic carbocycles. The number of esters is 1. The molecule has 1 aromatic rings. The molecule has 0 bridgehead atoms. The summed E-state index contributed by atoms with van der Waals surface area (Å²) in [6, 6.07) is 7.10. The largest absolute Gasteiger partial charge is 0.460 e. The normalized spacial score (nSPS) is 18.1. The Balaban J connectivity index is 2.22. The van der Waals surface area contributed by atoms with Crippen LogP contribution in [0.4, 0.5) is 0 Å². The molecule has 18 heavy (non-hydrogen) atoms. The molecule has 0 amide bonds. The van der Waals surface area contributed by atoms with Crippen LogP contribution in [0.25, 0.3) is 0 Å². The van der Waals surface area contributed by atoms with Gasteiger partial charge in [-0.05, 0) is 13.0 Å². The number of hydrogen-bond acceptors (Lipinski definition) is 5. The summed E-state index contributed by atoms with van der Waals surface area (Å²) in [7, 11) is 0. The summed E-state index contributed by atoms with van der Waals surface area (Å²) in [4.78, 5) is 36.1. The fourth-order valence-corrected chi connectivity index (χ4v) is 2.92. The zero-order valence-corrected chi connectivity index (χ0v) is 10.7. The van der Waals surface area contributed by atoms with E-state index < -0.39 is 17.7 Å². The smallest absolute Gasteiger partial charge is 0.375 e. The van der Waals surface area contributed by atoms with E-state index in [1.165, 1.54) is 11.8 Å². The van der Waals surface area contributed by atoms with Crippen LogP contribution < -0.4 is 0 Å². The zero-order chi connectivity index (χ0) is 13.1. The van der Waals surface area contributed by atoms with Gasteiger partial charge in [0.2, 0.25) is 0 Å². The lowest BCUT2D eigenvalue weighted by molar-refractivity contribution is -0.154. The third-order valence-corrected chi connectivity index (χ3v) is 3.83. The summed E-state index contributed by atoms with van der Waals surface area (Å²) in [6.07, 6.45) is 0. The molecular formula is C13H12O4S. The molecule has 1 unspecified atom stereocenters. The predicted octanol–water partition coefficient (Wildman–Crippen LogP) is 1.72. The summed E-state index contributed by atoms with van der Waals surface area (Å²) in [5, 5.41) is 0. The van der Waals surface area contributed by atoms with E-state index in [-0.39, 0.29) is 12.4 Å². The Hall–Kier alpha value is -1.62. The quantitative estimate of drug-likeness (QED) is 0.472. The van der Waals surface area contributed by atoms with Gasteiger partial charge in [0.15, 0.2) is 5.78 Å². The maximum atomic E-state index is 12.1. The summed E-state index contributed by atoms with van der Waals surface area (Å²) in [5.74, 6) is -2.57. The second-order valence-corrected chi connectivity index (χ2v) is 4.87. The van der Waals surface area contributed by atoms with Crippen molar-refractivity contribution in [1.29, 1.82) is 0 Å². The number of hydrogen-bond donors (Lipinski definition) is 0. The van der Waals surface area contributed by atoms with E-state index in [2.05, 4.69) is 4.74 Å². The molecule has 1 atom stereocenters. The van der Waals surface area contributed by atoms with E-state index in [9.17, 15) is 14.4 Å². The van der Waals surface area contributed by atoms with Crippen molar-refractivity contribution in [2.45, 2.75) is 11.8 Å². The van der Waals surface area contributed by atoms with Crippen LogP contribution in [0.1, 0.15) is 17.3 Å². The van der Waals surface area contributed by atoms with Crippen molar-refractivity contribution in [3.05, 3.63) is 29.8 Å². The topological polar surface area (TPSA) is 60.4 Å². The molecule has 1 aliphatic rings. The van der Waals surface area contributed by atoms with E-state index in [4.69, 9.17) is 0 Å². The average molecular weight is 264 g/mol. The first-order valence-corrected chi connectivity index (χ1v) is 6.60. The zero-order valence-electron chi connectivity index (χ0n) is 9.84. The number of ether oxygens (including phenoxy) is 1. The molecule has 4 nitrogen and oxygen atoms in total. The van der Waals surface area contributed by atoms with E-state index in [0.717, 1.165) is 4.90 Å². The summed E-state index contributed by atoms with van der Waals surface area (Å²) in [5.41, 5.74) is 0.511. The van der Waals surface area contributed by atoms with Crippen molar-refractivity contribution in [3.63, 3.8) is 0 Å². The molecule has 0 spiro atoms. The summed E-state index contributed by atoms with van der Waals surface area (Å²) < 4.78 is 4.64. The van der Waals surface area contributed by atoms with Gasteiger partial charge in [0.1, 0.15) is 5.92 Å². The Morgan fingerprint density at radius 3 is 2.83 bits per heavy atom. The maximum absolute atomic E-state index is 12.1. The fourth-order valence-electron chi connectivity index (χ4n) is 1.77. The Labute approximate surface area is 109 Å². The van der Waals surface area contributed by atoms with Gasteiger partial charge >= 0.3 is 5.97 Å². The number of carbonyl (C=O) groups is 3. The van der Waals surface area contributed by atoms with Gasteiger partial charge in [-0.2, -0.15) is 0 Å². The van der Waals surface area contributed by atoms with Crippen LogP contribution in [0.3, 0.4) is 0 Å². The molecule has 0 N–H and O–H groups in total. The number of Topliss-reactive ketones (excluding diaryl/α,β-unsaturated/α-hetero) is 2. The first kappa shape index (κ1) is 12.8. The standard InChI is InChI=1S/C13H12O4S/c1-2-17-13(16)12(15)9-7-18-10-6-4-3-5-8(10)11(9)14/h3-6,9H,2,7H2,1H3. The second-order valence-electron chi connectivity index (χ2n) is 3.81. The fraction of sp³-hybridized carbons (Fsp3) is 0.308. The highest BCUT2D eigenvalue weighted by molar-refractivity contribution is 7.99. The van der Waals surface area contributed by atoms with Gasteiger partial charge in [-0.1, -0.05) is 18.2 Å². The lowest BCUT2D eigenvalue weighted by atomic mass is 9.94. The molecule has 1 aromatic carbocycles. The summed E-state index contributed by atoms with van der Waals surface area (Å²) >= 11 is 1.41. The minimum absolute atomic E-state index is 0.134. The second kappa shape index (κ2) is 5.35. The molecule has 0 aromatic heterocycles. The number of thioether (sulfide) groups is 1. The number of fused-ring (bicyclic) bond motifs is 1. The molecule has 2 rings (SSSR count). The van der Waals surface area contributed by atoms with E-state index in [0.29, 0.717) is 11.3 Å². The van der Waals surface area contributed by atoms with Crippen LogP contribution in [0, 0.1) is 5.92 Å². The molecule has 1 aliphatic heterocycles. The van der Waals surface area contributed by atoms with Gasteiger partial charge in [-0.3, -0.25) is 9.59 Å². The average Bonchev–Trinajstić information content (AvgIpc) is 2.39. The van der Waals surface area contributed by atoms with E-state index in [1.807, 2.05) is 12.1 Å². The van der Waals surface area contributed by atoms with Crippen molar-refractivity contribution < 1.29 is 19.1 Å². The first-order valence-electron chi connectivity index (χ1n) is 5.62. The van der Waals surface area contributed by atoms with Gasteiger partial charge in [0, 0.05) is 16.2 Å². The van der Waals surface area contributed by atoms with Crippen LogP contribution in [-0.2, 0) is 14.3 Å². The highest BCUT2D eigenvalue weighted by Crippen LogP contribution is 2.33. The van der Waals surface area contributed by atoms with Gasteiger partial charge in [0.05, 0.1) is 6.61 Å². The van der Waals surface area contributed by atoms with Crippen molar-refractivity contribution in [2.24, 2.45) is 5.92 Å². The van der Waals surface area contributed by atoms with Gasteiger partial charge < -0.3 is 4.74 Å². The molecular weight excluding hydrogens is 252 g/mol. The molecule has 0 saturated carbocycles. The van der Waals surface area contributed by atoms with E-state index in [1.54, 1.807) is 19.1 Å². The highest BCUT2D eigenvalue weighted by Gasteiger charge is 2.37. The molecule has 5 heteroatoms. The lowest BCUT2D eigenvalue weighted by Crippen LogP contribution is -2.35. The van der Waals surface area contributed by atoms with Gasteiger partial charge in [-0.25, -0.2) is 4.79 Å². The first-order chi connectivity index (χ1) is 8.65. The molecule has 0 fully saturated rings. The molecule has 0 radical (unpaired) electrons. The Morgan fingerprint density at radius 2 is 2.11 bits per heavy atom. The number of rotatable bonds is 3. The van der Waals surface area contributed by atoms with Gasteiger partial charge in [-0.15, -0.1) is 11.8 Å². The van der Waals surface area contributed by atoms with E-state index >= 15 is 0 Å². The predicted molar refractivity (Wildman–Crippen MR) is 66.6 cm³/mol. The van der Waals surface area contributed by atoms with Crippen LogP contribution >= 0.6 is 11.8 Å². The Kier molecular flexibility index (Phi) is 3.81.